The summed E-state index contributed by atoms with van der Waals surface area (Å²) in [5, 5.41) is 8.69. The molecule has 4 rings (SSSR count). The number of fused-ring (bicyclic) bond motifs is 1. The molecule has 0 bridgehead atoms. The van der Waals surface area contributed by atoms with Gasteiger partial charge in [-0.25, -0.2) is 9.67 Å². The van der Waals surface area contributed by atoms with Crippen LogP contribution in [0.15, 0.2) is 55.1 Å². The standard InChI is InChI=1S/C21H20ClN5O/c1-13-18-9-17(22)8-16(10-24-21(28)14(2)27-12-23-11-25-27)20(18)26-19(13)15-6-4-3-5-7-15/h3-9,11-12,14,26H,10H2,1-2H3,(H,24,28)/t14-/m0/s1. The van der Waals surface area contributed by atoms with E-state index in [0.29, 0.717) is 11.6 Å². The van der Waals surface area contributed by atoms with E-state index in [0.717, 1.165) is 33.3 Å². The summed E-state index contributed by atoms with van der Waals surface area (Å²) in [5.74, 6) is -0.134. The topological polar surface area (TPSA) is 75.6 Å². The van der Waals surface area contributed by atoms with Crippen LogP contribution in [0.25, 0.3) is 22.2 Å². The van der Waals surface area contributed by atoms with Crippen LogP contribution in [0.2, 0.25) is 5.02 Å². The molecule has 0 saturated heterocycles. The molecule has 142 valence electrons. The van der Waals surface area contributed by atoms with Crippen molar-refractivity contribution in [3.63, 3.8) is 0 Å². The van der Waals surface area contributed by atoms with Crippen molar-refractivity contribution in [2.75, 3.05) is 0 Å². The van der Waals surface area contributed by atoms with Gasteiger partial charge in [-0.1, -0.05) is 41.9 Å². The maximum Gasteiger partial charge on any atom is 0.244 e. The second-order valence-corrected chi connectivity index (χ2v) is 7.18. The molecule has 0 spiro atoms. The highest BCUT2D eigenvalue weighted by Gasteiger charge is 2.17. The minimum Gasteiger partial charge on any atom is -0.354 e. The Kier molecular flexibility index (Phi) is 4.88. The van der Waals surface area contributed by atoms with Crippen LogP contribution in [-0.2, 0) is 11.3 Å². The lowest BCUT2D eigenvalue weighted by molar-refractivity contribution is -0.124. The molecule has 6 nitrogen and oxygen atoms in total. The van der Waals surface area contributed by atoms with E-state index < -0.39 is 6.04 Å². The predicted molar refractivity (Wildman–Crippen MR) is 110 cm³/mol. The third-order valence-electron chi connectivity index (χ3n) is 4.94. The first kappa shape index (κ1) is 18.3. The third kappa shape index (κ3) is 3.39. The summed E-state index contributed by atoms with van der Waals surface area (Å²) in [6.07, 6.45) is 2.94. The van der Waals surface area contributed by atoms with E-state index in [9.17, 15) is 4.79 Å². The number of H-pyrrole nitrogens is 1. The molecule has 0 fully saturated rings. The number of carbonyl (C=O) groups excluding carboxylic acids is 1. The molecule has 1 atom stereocenters. The van der Waals surface area contributed by atoms with E-state index in [2.05, 4.69) is 39.4 Å². The van der Waals surface area contributed by atoms with Crippen LogP contribution in [0.3, 0.4) is 0 Å². The van der Waals surface area contributed by atoms with Crippen molar-refractivity contribution in [2.45, 2.75) is 26.4 Å². The fourth-order valence-electron chi connectivity index (χ4n) is 3.36. The molecule has 2 N–H and O–H groups in total. The maximum absolute atomic E-state index is 12.5. The van der Waals surface area contributed by atoms with Gasteiger partial charge < -0.3 is 10.3 Å². The maximum atomic E-state index is 12.5. The summed E-state index contributed by atoms with van der Waals surface area (Å²) in [6, 6.07) is 13.6. The zero-order valence-corrected chi connectivity index (χ0v) is 16.4. The Labute approximate surface area is 167 Å². The molecular weight excluding hydrogens is 374 g/mol. The lowest BCUT2D eigenvalue weighted by Gasteiger charge is -2.13. The van der Waals surface area contributed by atoms with Crippen LogP contribution >= 0.6 is 11.6 Å². The van der Waals surface area contributed by atoms with Crippen LogP contribution in [0.1, 0.15) is 24.1 Å². The molecule has 7 heteroatoms. The predicted octanol–water partition coefficient (Wildman–Crippen LogP) is 4.27. The smallest absolute Gasteiger partial charge is 0.244 e. The highest BCUT2D eigenvalue weighted by Crippen LogP contribution is 2.33. The van der Waals surface area contributed by atoms with Gasteiger partial charge in [0.05, 0.1) is 5.52 Å². The molecule has 0 aliphatic carbocycles. The van der Waals surface area contributed by atoms with E-state index >= 15 is 0 Å². The number of carbonyl (C=O) groups is 1. The number of aromatic nitrogens is 4. The molecule has 1 amide bonds. The van der Waals surface area contributed by atoms with Gasteiger partial charge in [0, 0.05) is 22.6 Å². The lowest BCUT2D eigenvalue weighted by Crippen LogP contribution is -2.30. The zero-order chi connectivity index (χ0) is 19.7. The fraction of sp³-hybridized carbons (Fsp3) is 0.190. The normalized spacial score (nSPS) is 12.2. The summed E-state index contributed by atoms with van der Waals surface area (Å²) in [6.45, 7) is 4.22. The van der Waals surface area contributed by atoms with Crippen molar-refractivity contribution in [1.29, 1.82) is 0 Å². The summed E-state index contributed by atoms with van der Waals surface area (Å²) in [7, 11) is 0. The summed E-state index contributed by atoms with van der Waals surface area (Å²) >= 11 is 6.36. The lowest BCUT2D eigenvalue weighted by atomic mass is 10.1. The van der Waals surface area contributed by atoms with Crippen molar-refractivity contribution in [2.24, 2.45) is 0 Å². The Morgan fingerprint density at radius 2 is 2.07 bits per heavy atom. The average Bonchev–Trinajstić information content (AvgIpc) is 3.35. The van der Waals surface area contributed by atoms with Crippen LogP contribution in [0.4, 0.5) is 0 Å². The number of benzene rings is 2. The van der Waals surface area contributed by atoms with Gasteiger partial charge >= 0.3 is 0 Å². The Hall–Kier alpha value is -3.12. The van der Waals surface area contributed by atoms with Crippen LogP contribution < -0.4 is 5.32 Å². The molecule has 28 heavy (non-hydrogen) atoms. The average molecular weight is 394 g/mol. The first-order valence-electron chi connectivity index (χ1n) is 9.02. The minimum atomic E-state index is -0.442. The number of aryl methyl sites for hydroxylation is 1. The molecule has 0 aliphatic heterocycles. The molecule has 4 aromatic rings. The molecule has 0 radical (unpaired) electrons. The number of halogens is 1. The van der Waals surface area contributed by atoms with Gasteiger partial charge in [-0.3, -0.25) is 4.79 Å². The monoisotopic (exact) mass is 393 g/mol. The van der Waals surface area contributed by atoms with E-state index in [4.69, 9.17) is 11.6 Å². The SMILES string of the molecule is Cc1c(-c2ccccc2)[nH]c2c(CNC(=O)[C@H](C)n3cncn3)cc(Cl)cc12. The number of nitrogens with one attached hydrogen (secondary N) is 2. The van der Waals surface area contributed by atoms with Gasteiger partial charge in [-0.05, 0) is 42.7 Å². The molecule has 0 saturated carbocycles. The van der Waals surface area contributed by atoms with Crippen LogP contribution in [0.5, 0.6) is 0 Å². The van der Waals surface area contributed by atoms with E-state index in [1.807, 2.05) is 30.3 Å². The first-order valence-corrected chi connectivity index (χ1v) is 9.40. The molecule has 0 unspecified atom stereocenters. The van der Waals surface area contributed by atoms with Gasteiger partial charge in [-0.2, -0.15) is 5.10 Å². The molecule has 2 aromatic carbocycles. The molecule has 0 aliphatic rings. The Morgan fingerprint density at radius 1 is 1.29 bits per heavy atom. The van der Waals surface area contributed by atoms with Crippen LogP contribution in [-0.4, -0.2) is 25.7 Å². The van der Waals surface area contributed by atoms with Gasteiger partial charge in [0.15, 0.2) is 0 Å². The third-order valence-corrected chi connectivity index (χ3v) is 5.16. The Morgan fingerprint density at radius 3 is 2.79 bits per heavy atom. The number of nitrogens with zero attached hydrogens (tertiary/aromatic N) is 3. The Bertz CT molecular complexity index is 1120. The van der Waals surface area contributed by atoms with Gasteiger partial charge in [0.1, 0.15) is 18.7 Å². The van der Waals surface area contributed by atoms with Crippen molar-refractivity contribution in [3.8, 4) is 11.3 Å². The number of hydrogen-bond donors (Lipinski definition) is 2. The van der Waals surface area contributed by atoms with Gasteiger partial charge in [0.25, 0.3) is 0 Å². The molecule has 2 heterocycles. The van der Waals surface area contributed by atoms with E-state index in [1.54, 1.807) is 6.92 Å². The number of rotatable bonds is 5. The second kappa shape index (κ2) is 7.48. The highest BCUT2D eigenvalue weighted by molar-refractivity contribution is 6.31. The molecular formula is C21H20ClN5O. The second-order valence-electron chi connectivity index (χ2n) is 6.75. The van der Waals surface area contributed by atoms with Crippen molar-refractivity contribution in [3.05, 3.63) is 71.3 Å². The molecule has 2 aromatic heterocycles. The summed E-state index contributed by atoms with van der Waals surface area (Å²) < 4.78 is 1.52. The van der Waals surface area contributed by atoms with Crippen LogP contribution in [0, 0.1) is 6.92 Å². The number of amides is 1. The van der Waals surface area contributed by atoms with Gasteiger partial charge in [-0.15, -0.1) is 0 Å². The quantitative estimate of drug-likeness (QED) is 0.531. The summed E-state index contributed by atoms with van der Waals surface area (Å²) in [4.78, 5) is 19.9. The highest BCUT2D eigenvalue weighted by atomic mass is 35.5. The van der Waals surface area contributed by atoms with Crippen molar-refractivity contribution < 1.29 is 4.79 Å². The zero-order valence-electron chi connectivity index (χ0n) is 15.6. The summed E-state index contributed by atoms with van der Waals surface area (Å²) in [5.41, 5.74) is 5.22. The number of hydrogen-bond acceptors (Lipinski definition) is 3. The van der Waals surface area contributed by atoms with E-state index in [1.165, 1.54) is 17.3 Å². The number of aromatic amines is 1. The van der Waals surface area contributed by atoms with Gasteiger partial charge in [0.2, 0.25) is 5.91 Å². The largest absolute Gasteiger partial charge is 0.354 e. The van der Waals surface area contributed by atoms with Crippen molar-refractivity contribution in [1.82, 2.24) is 25.1 Å². The first-order chi connectivity index (χ1) is 13.5. The van der Waals surface area contributed by atoms with Crippen molar-refractivity contribution >= 4 is 28.4 Å². The minimum absolute atomic E-state index is 0.134. The Balaban J connectivity index is 1.65. The van der Waals surface area contributed by atoms with E-state index in [-0.39, 0.29) is 5.91 Å². The fourth-order valence-corrected chi connectivity index (χ4v) is 3.60.